The Balaban J connectivity index is 0.000000810. The van der Waals surface area contributed by atoms with Gasteiger partial charge < -0.3 is 6.15 Å². The molecule has 0 aromatic rings. The monoisotopic (exact) mass is 143 g/mol. The summed E-state index contributed by atoms with van der Waals surface area (Å²) < 4.78 is 0. The van der Waals surface area contributed by atoms with Crippen LogP contribution in [0, 0.1) is 17.8 Å². The van der Waals surface area contributed by atoms with Crippen molar-refractivity contribution in [2.45, 2.75) is 40.0 Å². The van der Waals surface area contributed by atoms with Crippen LogP contribution in [-0.4, -0.2) is 0 Å². The minimum atomic E-state index is 0. The highest BCUT2D eigenvalue weighted by Crippen LogP contribution is 2.37. The fraction of sp³-hybridized carbons (Fsp3) is 1.00. The first-order chi connectivity index (χ1) is 4.18. The van der Waals surface area contributed by atoms with Gasteiger partial charge in [0.1, 0.15) is 0 Å². The van der Waals surface area contributed by atoms with E-state index < -0.39 is 0 Å². The summed E-state index contributed by atoms with van der Waals surface area (Å²) in [6.07, 6.45) is 4.46. The van der Waals surface area contributed by atoms with Crippen LogP contribution < -0.4 is 6.15 Å². The SMILES string of the molecule is CC(C)CC1CC(C)C1.N. The predicted octanol–water partition coefficient (Wildman–Crippen LogP) is 3.24. The molecule has 1 aliphatic carbocycles. The van der Waals surface area contributed by atoms with E-state index in [0.29, 0.717) is 0 Å². The smallest absolute Gasteiger partial charge is 0.0407 e. The maximum absolute atomic E-state index is 2.36. The summed E-state index contributed by atoms with van der Waals surface area (Å²) in [5.41, 5.74) is 0. The highest BCUT2D eigenvalue weighted by atomic mass is 14.3. The van der Waals surface area contributed by atoms with Crippen LogP contribution in [-0.2, 0) is 0 Å². The lowest BCUT2D eigenvalue weighted by Crippen LogP contribution is -2.22. The molecule has 3 N–H and O–H groups in total. The Morgan fingerprint density at radius 2 is 1.80 bits per heavy atom. The molecule has 0 aliphatic heterocycles. The summed E-state index contributed by atoms with van der Waals surface area (Å²) in [7, 11) is 0. The quantitative estimate of drug-likeness (QED) is 0.632. The number of hydrogen-bond donors (Lipinski definition) is 1. The second kappa shape index (κ2) is 3.97. The van der Waals surface area contributed by atoms with Crippen molar-refractivity contribution in [3.8, 4) is 0 Å². The summed E-state index contributed by atoms with van der Waals surface area (Å²) in [5.74, 6) is 3.04. The fourth-order valence-electron chi connectivity index (χ4n) is 1.93. The second-order valence-corrected chi connectivity index (χ2v) is 4.07. The highest BCUT2D eigenvalue weighted by molar-refractivity contribution is 4.76. The molecule has 1 aliphatic rings. The van der Waals surface area contributed by atoms with E-state index in [4.69, 9.17) is 0 Å². The van der Waals surface area contributed by atoms with Gasteiger partial charge in [-0.1, -0.05) is 20.8 Å². The molecule has 0 spiro atoms. The van der Waals surface area contributed by atoms with Crippen molar-refractivity contribution in [1.82, 2.24) is 6.15 Å². The Morgan fingerprint density at radius 3 is 2.10 bits per heavy atom. The molecule has 0 radical (unpaired) electrons. The zero-order valence-electron chi connectivity index (χ0n) is 7.56. The van der Waals surface area contributed by atoms with Crippen LogP contribution in [0.4, 0.5) is 0 Å². The summed E-state index contributed by atoms with van der Waals surface area (Å²) in [6, 6.07) is 0. The molecule has 1 saturated carbocycles. The van der Waals surface area contributed by atoms with E-state index in [0.717, 1.165) is 17.8 Å². The van der Waals surface area contributed by atoms with Crippen LogP contribution in [0.5, 0.6) is 0 Å². The molecule has 0 heterocycles. The van der Waals surface area contributed by atoms with E-state index >= 15 is 0 Å². The Hall–Kier alpha value is -0.0400. The molecule has 0 aromatic heterocycles. The van der Waals surface area contributed by atoms with E-state index in [1.807, 2.05) is 0 Å². The van der Waals surface area contributed by atoms with Gasteiger partial charge >= 0.3 is 0 Å². The van der Waals surface area contributed by atoms with Gasteiger partial charge in [-0.25, -0.2) is 0 Å². The Bertz CT molecular complexity index is 82.7. The third kappa shape index (κ3) is 2.70. The summed E-state index contributed by atoms with van der Waals surface area (Å²) >= 11 is 0. The normalized spacial score (nSPS) is 31.2. The van der Waals surface area contributed by atoms with Crippen molar-refractivity contribution in [2.75, 3.05) is 0 Å². The van der Waals surface area contributed by atoms with E-state index in [2.05, 4.69) is 20.8 Å². The third-order valence-electron chi connectivity index (χ3n) is 2.28. The van der Waals surface area contributed by atoms with Gasteiger partial charge in [-0.05, 0) is 37.0 Å². The van der Waals surface area contributed by atoms with Crippen molar-refractivity contribution in [2.24, 2.45) is 17.8 Å². The molecule has 0 aromatic carbocycles. The van der Waals surface area contributed by atoms with Crippen LogP contribution in [0.1, 0.15) is 40.0 Å². The standard InChI is InChI=1S/C9H18.H3N/c1-7(2)4-9-5-8(3)6-9;/h7-9H,4-6H2,1-3H3;1H3. The average molecular weight is 143 g/mol. The molecular formula is C9H21N. The van der Waals surface area contributed by atoms with Crippen LogP contribution in [0.2, 0.25) is 0 Å². The van der Waals surface area contributed by atoms with E-state index in [1.165, 1.54) is 19.3 Å². The van der Waals surface area contributed by atoms with Crippen molar-refractivity contribution >= 4 is 0 Å². The molecule has 0 amide bonds. The minimum Gasteiger partial charge on any atom is -0.344 e. The summed E-state index contributed by atoms with van der Waals surface area (Å²) in [6.45, 7) is 7.00. The van der Waals surface area contributed by atoms with Crippen molar-refractivity contribution in [1.29, 1.82) is 0 Å². The van der Waals surface area contributed by atoms with Gasteiger partial charge in [-0.2, -0.15) is 0 Å². The topological polar surface area (TPSA) is 35.0 Å². The first kappa shape index (κ1) is 9.96. The molecule has 1 heteroatoms. The van der Waals surface area contributed by atoms with Gasteiger partial charge in [0.15, 0.2) is 0 Å². The minimum absolute atomic E-state index is 0. The molecule has 1 fully saturated rings. The molecular weight excluding hydrogens is 122 g/mol. The van der Waals surface area contributed by atoms with E-state index in [9.17, 15) is 0 Å². The molecule has 0 unspecified atom stereocenters. The first-order valence-corrected chi connectivity index (χ1v) is 4.18. The zero-order valence-corrected chi connectivity index (χ0v) is 7.56. The van der Waals surface area contributed by atoms with Crippen LogP contribution in [0.3, 0.4) is 0 Å². The van der Waals surface area contributed by atoms with Gasteiger partial charge in [0.25, 0.3) is 0 Å². The fourth-order valence-corrected chi connectivity index (χ4v) is 1.93. The van der Waals surface area contributed by atoms with Crippen molar-refractivity contribution in [3.63, 3.8) is 0 Å². The van der Waals surface area contributed by atoms with Gasteiger partial charge in [0.05, 0.1) is 0 Å². The zero-order chi connectivity index (χ0) is 6.85. The van der Waals surface area contributed by atoms with Crippen LogP contribution >= 0.6 is 0 Å². The van der Waals surface area contributed by atoms with Gasteiger partial charge in [0.2, 0.25) is 0 Å². The average Bonchev–Trinajstić information content (AvgIpc) is 1.60. The Morgan fingerprint density at radius 1 is 1.30 bits per heavy atom. The Kier molecular flexibility index (Phi) is 3.95. The van der Waals surface area contributed by atoms with E-state index in [1.54, 1.807) is 0 Å². The maximum atomic E-state index is 2.36. The van der Waals surface area contributed by atoms with Gasteiger partial charge in [-0.3, -0.25) is 0 Å². The second-order valence-electron chi connectivity index (χ2n) is 4.07. The van der Waals surface area contributed by atoms with Crippen molar-refractivity contribution in [3.05, 3.63) is 0 Å². The largest absolute Gasteiger partial charge is 0.344 e. The lowest BCUT2D eigenvalue weighted by molar-refractivity contribution is 0.181. The lowest BCUT2D eigenvalue weighted by Gasteiger charge is -2.33. The van der Waals surface area contributed by atoms with Crippen LogP contribution in [0.15, 0.2) is 0 Å². The van der Waals surface area contributed by atoms with E-state index in [-0.39, 0.29) is 6.15 Å². The van der Waals surface area contributed by atoms with Crippen molar-refractivity contribution < 1.29 is 0 Å². The molecule has 10 heavy (non-hydrogen) atoms. The molecule has 0 bridgehead atoms. The van der Waals surface area contributed by atoms with Gasteiger partial charge in [0, 0.05) is 0 Å². The Labute approximate surface area is 64.8 Å². The summed E-state index contributed by atoms with van der Waals surface area (Å²) in [5, 5.41) is 0. The molecule has 0 atom stereocenters. The molecule has 1 rings (SSSR count). The molecule has 1 nitrogen and oxygen atoms in total. The number of hydrogen-bond acceptors (Lipinski definition) is 1. The van der Waals surface area contributed by atoms with Crippen LogP contribution in [0.25, 0.3) is 0 Å². The molecule has 0 saturated heterocycles. The van der Waals surface area contributed by atoms with Gasteiger partial charge in [-0.15, -0.1) is 0 Å². The number of rotatable bonds is 2. The third-order valence-corrected chi connectivity index (χ3v) is 2.28. The lowest BCUT2D eigenvalue weighted by atomic mass is 9.72. The summed E-state index contributed by atoms with van der Waals surface area (Å²) in [4.78, 5) is 0. The first-order valence-electron chi connectivity index (χ1n) is 4.18. The highest BCUT2D eigenvalue weighted by Gasteiger charge is 2.25. The molecule has 62 valence electrons. The predicted molar refractivity (Wildman–Crippen MR) is 46.4 cm³/mol. The maximum Gasteiger partial charge on any atom is -0.0407 e.